The van der Waals surface area contributed by atoms with E-state index in [2.05, 4.69) is 26.1 Å². The van der Waals surface area contributed by atoms with Crippen LogP contribution in [-0.4, -0.2) is 41.5 Å². The largest absolute Gasteiger partial charge is 0.396 e. The standard InChI is InChI=1S/C17H26N2O3/c1-13(21)14-7-5-8-15(11-14)18-16(22)19(9-6-10-20)12-17(2,3)4/h5,7-8,11,20H,6,9-10,12H2,1-4H3,(H,18,22). The third-order valence-corrected chi connectivity index (χ3v) is 3.06. The maximum atomic E-state index is 12.4. The number of nitrogens with zero attached hydrogens (tertiary/aromatic N) is 1. The molecule has 0 heterocycles. The van der Waals surface area contributed by atoms with Crippen molar-refractivity contribution in [1.82, 2.24) is 4.90 Å². The number of aliphatic hydroxyl groups excluding tert-OH is 1. The van der Waals surface area contributed by atoms with Crippen LogP contribution < -0.4 is 5.32 Å². The third kappa shape index (κ3) is 6.26. The number of carbonyl (C=O) groups is 2. The number of nitrogens with one attached hydrogen (secondary N) is 1. The minimum absolute atomic E-state index is 0.0337. The van der Waals surface area contributed by atoms with Gasteiger partial charge in [0, 0.05) is 30.9 Å². The second kappa shape index (κ2) is 7.94. The number of ketones is 1. The van der Waals surface area contributed by atoms with E-state index in [0.29, 0.717) is 30.8 Å². The summed E-state index contributed by atoms with van der Waals surface area (Å²) < 4.78 is 0. The van der Waals surface area contributed by atoms with Crippen molar-refractivity contribution in [2.75, 3.05) is 25.0 Å². The molecule has 5 nitrogen and oxygen atoms in total. The van der Waals surface area contributed by atoms with Crippen LogP contribution in [0.15, 0.2) is 24.3 Å². The van der Waals surface area contributed by atoms with E-state index < -0.39 is 0 Å². The van der Waals surface area contributed by atoms with Crippen LogP contribution in [-0.2, 0) is 0 Å². The number of Topliss-reactive ketones (excluding diaryl/α,β-unsaturated/α-hetero) is 1. The smallest absolute Gasteiger partial charge is 0.321 e. The highest BCUT2D eigenvalue weighted by molar-refractivity contribution is 5.96. The first kappa shape index (κ1) is 18.2. The Morgan fingerprint density at radius 2 is 1.95 bits per heavy atom. The number of urea groups is 1. The molecular formula is C17H26N2O3. The quantitative estimate of drug-likeness (QED) is 0.793. The van der Waals surface area contributed by atoms with Crippen molar-refractivity contribution >= 4 is 17.5 Å². The van der Waals surface area contributed by atoms with Gasteiger partial charge in [0.25, 0.3) is 0 Å². The van der Waals surface area contributed by atoms with Crippen LogP contribution >= 0.6 is 0 Å². The number of carbonyl (C=O) groups excluding carboxylic acids is 2. The number of anilines is 1. The molecule has 0 aliphatic heterocycles. The SMILES string of the molecule is CC(=O)c1cccc(NC(=O)N(CCCO)CC(C)(C)C)c1. The molecule has 0 aliphatic rings. The van der Waals surface area contributed by atoms with Gasteiger partial charge in [-0.05, 0) is 30.9 Å². The average Bonchev–Trinajstić information content (AvgIpc) is 2.42. The monoisotopic (exact) mass is 306 g/mol. The summed E-state index contributed by atoms with van der Waals surface area (Å²) in [5, 5.41) is 11.8. The number of aliphatic hydroxyl groups is 1. The van der Waals surface area contributed by atoms with E-state index in [4.69, 9.17) is 5.11 Å². The Morgan fingerprint density at radius 3 is 2.50 bits per heavy atom. The van der Waals surface area contributed by atoms with E-state index in [-0.39, 0.29) is 23.8 Å². The molecule has 0 saturated heterocycles. The number of benzene rings is 1. The van der Waals surface area contributed by atoms with Crippen molar-refractivity contribution in [1.29, 1.82) is 0 Å². The van der Waals surface area contributed by atoms with Crippen molar-refractivity contribution < 1.29 is 14.7 Å². The van der Waals surface area contributed by atoms with E-state index in [1.54, 1.807) is 29.2 Å². The molecule has 0 radical (unpaired) electrons. The predicted molar refractivity (Wildman–Crippen MR) is 88.2 cm³/mol. The minimum Gasteiger partial charge on any atom is -0.396 e. The van der Waals surface area contributed by atoms with Crippen molar-refractivity contribution in [3.63, 3.8) is 0 Å². The van der Waals surface area contributed by atoms with E-state index in [9.17, 15) is 9.59 Å². The van der Waals surface area contributed by atoms with Crippen molar-refractivity contribution in [2.45, 2.75) is 34.1 Å². The molecule has 0 aliphatic carbocycles. The average molecular weight is 306 g/mol. The van der Waals surface area contributed by atoms with Crippen LogP contribution in [0.3, 0.4) is 0 Å². The van der Waals surface area contributed by atoms with Gasteiger partial charge >= 0.3 is 6.03 Å². The van der Waals surface area contributed by atoms with Crippen molar-refractivity contribution in [2.24, 2.45) is 5.41 Å². The number of amides is 2. The van der Waals surface area contributed by atoms with E-state index in [1.807, 2.05) is 0 Å². The fourth-order valence-corrected chi connectivity index (χ4v) is 2.11. The summed E-state index contributed by atoms with van der Waals surface area (Å²) in [5.74, 6) is -0.0390. The summed E-state index contributed by atoms with van der Waals surface area (Å²) >= 11 is 0. The van der Waals surface area contributed by atoms with Crippen LogP contribution in [0.25, 0.3) is 0 Å². The van der Waals surface area contributed by atoms with E-state index >= 15 is 0 Å². The molecule has 122 valence electrons. The normalized spacial score (nSPS) is 11.1. The molecule has 5 heteroatoms. The van der Waals surface area contributed by atoms with Crippen LogP contribution in [0.1, 0.15) is 44.5 Å². The van der Waals surface area contributed by atoms with Crippen LogP contribution in [0.2, 0.25) is 0 Å². The van der Waals surface area contributed by atoms with Crippen molar-refractivity contribution in [3.05, 3.63) is 29.8 Å². The highest BCUT2D eigenvalue weighted by Crippen LogP contribution is 2.17. The number of hydrogen-bond acceptors (Lipinski definition) is 3. The summed E-state index contributed by atoms with van der Waals surface area (Å²) in [7, 11) is 0. The third-order valence-electron chi connectivity index (χ3n) is 3.06. The van der Waals surface area contributed by atoms with Gasteiger partial charge in [0.2, 0.25) is 0 Å². The maximum Gasteiger partial charge on any atom is 0.321 e. The first-order valence-electron chi connectivity index (χ1n) is 7.51. The molecule has 1 rings (SSSR count). The second-order valence-corrected chi connectivity index (χ2v) is 6.63. The maximum absolute atomic E-state index is 12.4. The summed E-state index contributed by atoms with van der Waals surface area (Å²) in [4.78, 5) is 25.5. The molecule has 2 amide bonds. The zero-order valence-corrected chi connectivity index (χ0v) is 13.8. The highest BCUT2D eigenvalue weighted by Gasteiger charge is 2.20. The van der Waals surface area contributed by atoms with Gasteiger partial charge in [-0.25, -0.2) is 4.79 Å². The Hall–Kier alpha value is -1.88. The predicted octanol–water partition coefficient (Wildman–Crippen LogP) is 3.15. The Morgan fingerprint density at radius 1 is 1.27 bits per heavy atom. The Bertz CT molecular complexity index is 521. The summed E-state index contributed by atoms with van der Waals surface area (Å²) in [6, 6.07) is 6.67. The number of hydrogen-bond donors (Lipinski definition) is 2. The molecule has 0 atom stereocenters. The van der Waals surface area contributed by atoms with Crippen LogP contribution in [0.4, 0.5) is 10.5 Å². The van der Waals surface area contributed by atoms with Crippen molar-refractivity contribution in [3.8, 4) is 0 Å². The van der Waals surface area contributed by atoms with Gasteiger partial charge in [-0.15, -0.1) is 0 Å². The lowest BCUT2D eigenvalue weighted by molar-refractivity contribution is 0.101. The lowest BCUT2D eigenvalue weighted by atomic mass is 9.96. The first-order valence-corrected chi connectivity index (χ1v) is 7.51. The molecule has 1 aromatic carbocycles. The molecule has 0 saturated carbocycles. The fourth-order valence-electron chi connectivity index (χ4n) is 2.11. The van der Waals surface area contributed by atoms with Gasteiger partial charge in [0.15, 0.2) is 5.78 Å². The Labute approximate surface area is 132 Å². The first-order chi connectivity index (χ1) is 10.2. The lowest BCUT2D eigenvalue weighted by Gasteiger charge is -2.30. The van der Waals surface area contributed by atoms with Gasteiger partial charge in [0.05, 0.1) is 0 Å². The molecule has 0 spiro atoms. The Balaban J connectivity index is 2.81. The van der Waals surface area contributed by atoms with Crippen LogP contribution in [0, 0.1) is 5.41 Å². The molecule has 0 aromatic heterocycles. The van der Waals surface area contributed by atoms with Crippen LogP contribution in [0.5, 0.6) is 0 Å². The zero-order chi connectivity index (χ0) is 16.8. The topological polar surface area (TPSA) is 69.6 Å². The second-order valence-electron chi connectivity index (χ2n) is 6.63. The summed E-state index contributed by atoms with van der Waals surface area (Å²) in [6.45, 7) is 8.80. The van der Waals surface area contributed by atoms with E-state index in [0.717, 1.165) is 0 Å². The van der Waals surface area contributed by atoms with Gasteiger partial charge in [0.1, 0.15) is 0 Å². The molecule has 2 N–H and O–H groups in total. The Kier molecular flexibility index (Phi) is 6.56. The molecule has 0 unspecified atom stereocenters. The molecule has 1 aromatic rings. The summed E-state index contributed by atoms with van der Waals surface area (Å²) in [5.41, 5.74) is 1.13. The van der Waals surface area contributed by atoms with Gasteiger partial charge < -0.3 is 15.3 Å². The fraction of sp³-hybridized carbons (Fsp3) is 0.529. The van der Waals surface area contributed by atoms with Gasteiger partial charge in [-0.2, -0.15) is 0 Å². The summed E-state index contributed by atoms with van der Waals surface area (Å²) in [6.07, 6.45) is 0.539. The molecule has 0 fully saturated rings. The van der Waals surface area contributed by atoms with E-state index in [1.165, 1.54) is 6.92 Å². The van der Waals surface area contributed by atoms with Gasteiger partial charge in [-0.3, -0.25) is 4.79 Å². The molecule has 22 heavy (non-hydrogen) atoms. The minimum atomic E-state index is -0.218. The number of rotatable bonds is 6. The zero-order valence-electron chi connectivity index (χ0n) is 13.8. The molecular weight excluding hydrogens is 280 g/mol. The highest BCUT2D eigenvalue weighted by atomic mass is 16.3. The van der Waals surface area contributed by atoms with Gasteiger partial charge in [-0.1, -0.05) is 32.9 Å². The lowest BCUT2D eigenvalue weighted by Crippen LogP contribution is -2.41. The molecule has 0 bridgehead atoms.